The molecule has 1 aliphatic heterocycles. The highest BCUT2D eigenvalue weighted by Crippen LogP contribution is 2.21. The first-order valence-electron chi connectivity index (χ1n) is 5.88. The third-order valence-electron chi connectivity index (χ3n) is 3.05. The van der Waals surface area contributed by atoms with E-state index in [0.29, 0.717) is 0 Å². The fourth-order valence-electron chi connectivity index (χ4n) is 2.29. The summed E-state index contributed by atoms with van der Waals surface area (Å²) in [5.74, 6) is -0.169. The number of nitrogens with one attached hydrogen (secondary N) is 1. The number of hydrogen-bond donors (Lipinski definition) is 1. The van der Waals surface area contributed by atoms with Gasteiger partial charge in [-0.05, 0) is 37.6 Å². The molecule has 0 saturated carbocycles. The second kappa shape index (κ2) is 5.04. The van der Waals surface area contributed by atoms with Crippen molar-refractivity contribution in [1.29, 1.82) is 0 Å². The maximum atomic E-state index is 13.2. The Morgan fingerprint density at radius 2 is 2.24 bits per heavy atom. The first kappa shape index (κ1) is 13.0. The molecule has 0 radical (unpaired) electrons. The number of benzene rings is 1. The Morgan fingerprint density at radius 1 is 1.47 bits per heavy atom. The highest BCUT2D eigenvalue weighted by Gasteiger charge is 2.25. The Kier molecular flexibility index (Phi) is 3.85. The zero-order chi connectivity index (χ0) is 12.5. The average molecular weight is 301 g/mol. The fourth-order valence-corrected chi connectivity index (χ4v) is 2.66. The molecule has 1 N–H and O–H groups in total. The van der Waals surface area contributed by atoms with Crippen molar-refractivity contribution in [2.24, 2.45) is 0 Å². The van der Waals surface area contributed by atoms with Crippen molar-refractivity contribution in [3.8, 4) is 0 Å². The number of piperazine rings is 1. The molecule has 1 heterocycles. The molecule has 1 aromatic carbocycles. The molecule has 17 heavy (non-hydrogen) atoms. The van der Waals surface area contributed by atoms with Gasteiger partial charge in [0.2, 0.25) is 0 Å². The van der Waals surface area contributed by atoms with Gasteiger partial charge in [0.05, 0.1) is 0 Å². The summed E-state index contributed by atoms with van der Waals surface area (Å²) in [6.45, 7) is 8.16. The quantitative estimate of drug-likeness (QED) is 0.903. The lowest BCUT2D eigenvalue weighted by atomic mass is 10.0. The second-order valence-electron chi connectivity index (χ2n) is 5.26. The third kappa shape index (κ3) is 3.50. The minimum Gasteiger partial charge on any atom is -0.309 e. The summed E-state index contributed by atoms with van der Waals surface area (Å²) in [4.78, 5) is 2.36. The smallest absolute Gasteiger partial charge is 0.123 e. The van der Waals surface area contributed by atoms with Crippen LogP contribution in [0.2, 0.25) is 0 Å². The molecule has 0 atom stereocenters. The molecule has 1 aliphatic rings. The first-order valence-corrected chi connectivity index (χ1v) is 6.67. The highest BCUT2D eigenvalue weighted by molar-refractivity contribution is 9.10. The normalized spacial score (nSPS) is 20.5. The van der Waals surface area contributed by atoms with Crippen molar-refractivity contribution in [3.63, 3.8) is 0 Å². The van der Waals surface area contributed by atoms with E-state index < -0.39 is 0 Å². The molecule has 0 spiro atoms. The van der Waals surface area contributed by atoms with Crippen molar-refractivity contribution in [3.05, 3.63) is 34.1 Å². The van der Waals surface area contributed by atoms with E-state index in [1.807, 2.05) is 0 Å². The van der Waals surface area contributed by atoms with Gasteiger partial charge in [-0.15, -0.1) is 0 Å². The zero-order valence-electron chi connectivity index (χ0n) is 10.3. The SMILES string of the molecule is CC1(C)CN(Cc2cc(F)ccc2Br)CCN1. The molecule has 1 aromatic rings. The van der Waals surface area contributed by atoms with Crippen LogP contribution < -0.4 is 5.32 Å². The fraction of sp³-hybridized carbons (Fsp3) is 0.538. The highest BCUT2D eigenvalue weighted by atomic mass is 79.9. The van der Waals surface area contributed by atoms with Crippen LogP contribution in [0.1, 0.15) is 19.4 Å². The Labute approximate surface area is 110 Å². The topological polar surface area (TPSA) is 15.3 Å². The molecular formula is C13H18BrFN2. The molecular weight excluding hydrogens is 283 g/mol. The van der Waals surface area contributed by atoms with Crippen LogP contribution in [0.3, 0.4) is 0 Å². The van der Waals surface area contributed by atoms with Crippen molar-refractivity contribution in [2.75, 3.05) is 19.6 Å². The van der Waals surface area contributed by atoms with Gasteiger partial charge in [0.1, 0.15) is 5.82 Å². The van der Waals surface area contributed by atoms with Crippen LogP contribution in [0.15, 0.2) is 22.7 Å². The Morgan fingerprint density at radius 3 is 2.94 bits per heavy atom. The van der Waals surface area contributed by atoms with Gasteiger partial charge in [0, 0.05) is 36.2 Å². The molecule has 0 amide bonds. The van der Waals surface area contributed by atoms with Gasteiger partial charge in [-0.25, -0.2) is 4.39 Å². The van der Waals surface area contributed by atoms with Gasteiger partial charge < -0.3 is 5.32 Å². The molecule has 0 aliphatic carbocycles. The third-order valence-corrected chi connectivity index (χ3v) is 3.83. The zero-order valence-corrected chi connectivity index (χ0v) is 11.8. The summed E-state index contributed by atoms with van der Waals surface area (Å²) >= 11 is 3.48. The van der Waals surface area contributed by atoms with Gasteiger partial charge in [-0.3, -0.25) is 4.90 Å². The van der Waals surface area contributed by atoms with Crippen LogP contribution in [0.4, 0.5) is 4.39 Å². The molecule has 4 heteroatoms. The summed E-state index contributed by atoms with van der Waals surface area (Å²) in [5.41, 5.74) is 1.15. The van der Waals surface area contributed by atoms with Crippen LogP contribution in [-0.4, -0.2) is 30.1 Å². The van der Waals surface area contributed by atoms with Crippen molar-refractivity contribution >= 4 is 15.9 Å². The number of rotatable bonds is 2. The van der Waals surface area contributed by atoms with Gasteiger partial charge in [0.15, 0.2) is 0 Å². The monoisotopic (exact) mass is 300 g/mol. The minimum atomic E-state index is -0.169. The molecule has 2 rings (SSSR count). The molecule has 0 aromatic heterocycles. The van der Waals surface area contributed by atoms with E-state index in [9.17, 15) is 4.39 Å². The minimum absolute atomic E-state index is 0.137. The maximum absolute atomic E-state index is 13.2. The Bertz CT molecular complexity index is 406. The number of nitrogens with zero attached hydrogens (tertiary/aromatic N) is 1. The molecule has 1 saturated heterocycles. The lowest BCUT2D eigenvalue weighted by Crippen LogP contribution is -2.56. The summed E-state index contributed by atoms with van der Waals surface area (Å²) in [7, 11) is 0. The van der Waals surface area contributed by atoms with E-state index in [-0.39, 0.29) is 11.4 Å². The predicted octanol–water partition coefficient (Wildman–Crippen LogP) is 2.77. The van der Waals surface area contributed by atoms with E-state index in [4.69, 9.17) is 0 Å². The Balaban J connectivity index is 2.07. The summed E-state index contributed by atoms with van der Waals surface area (Å²) < 4.78 is 14.2. The summed E-state index contributed by atoms with van der Waals surface area (Å²) in [6, 6.07) is 4.87. The van der Waals surface area contributed by atoms with Gasteiger partial charge in [-0.2, -0.15) is 0 Å². The molecule has 94 valence electrons. The van der Waals surface area contributed by atoms with E-state index in [1.54, 1.807) is 12.1 Å². The predicted molar refractivity (Wildman–Crippen MR) is 71.5 cm³/mol. The van der Waals surface area contributed by atoms with E-state index in [1.165, 1.54) is 6.07 Å². The van der Waals surface area contributed by atoms with E-state index in [0.717, 1.165) is 36.2 Å². The average Bonchev–Trinajstić information content (AvgIpc) is 2.22. The van der Waals surface area contributed by atoms with Crippen molar-refractivity contribution in [2.45, 2.75) is 25.9 Å². The van der Waals surface area contributed by atoms with Crippen LogP contribution >= 0.6 is 15.9 Å². The van der Waals surface area contributed by atoms with Gasteiger partial charge in [0.25, 0.3) is 0 Å². The number of hydrogen-bond acceptors (Lipinski definition) is 2. The summed E-state index contributed by atoms with van der Waals surface area (Å²) in [5, 5.41) is 3.47. The van der Waals surface area contributed by atoms with Crippen LogP contribution in [0.25, 0.3) is 0 Å². The lowest BCUT2D eigenvalue weighted by Gasteiger charge is -2.39. The van der Waals surface area contributed by atoms with Gasteiger partial charge in [-0.1, -0.05) is 15.9 Å². The standard InChI is InChI=1S/C13H18BrFN2/c1-13(2)9-17(6-5-16-13)8-10-7-11(15)3-4-12(10)14/h3-4,7,16H,5-6,8-9H2,1-2H3. The van der Waals surface area contributed by atoms with E-state index in [2.05, 4.69) is 40.0 Å². The second-order valence-corrected chi connectivity index (χ2v) is 6.11. The molecule has 0 bridgehead atoms. The maximum Gasteiger partial charge on any atom is 0.123 e. The first-order chi connectivity index (χ1) is 7.96. The largest absolute Gasteiger partial charge is 0.309 e. The lowest BCUT2D eigenvalue weighted by molar-refractivity contribution is 0.148. The molecule has 0 unspecified atom stereocenters. The molecule has 2 nitrogen and oxygen atoms in total. The van der Waals surface area contributed by atoms with Crippen LogP contribution in [0.5, 0.6) is 0 Å². The van der Waals surface area contributed by atoms with Crippen molar-refractivity contribution < 1.29 is 4.39 Å². The van der Waals surface area contributed by atoms with Crippen molar-refractivity contribution in [1.82, 2.24) is 10.2 Å². The number of halogens is 2. The van der Waals surface area contributed by atoms with Gasteiger partial charge >= 0.3 is 0 Å². The van der Waals surface area contributed by atoms with Crippen LogP contribution in [0, 0.1) is 5.82 Å². The Hall–Kier alpha value is -0.450. The van der Waals surface area contributed by atoms with E-state index >= 15 is 0 Å². The summed E-state index contributed by atoms with van der Waals surface area (Å²) in [6.07, 6.45) is 0. The van der Waals surface area contributed by atoms with Crippen LogP contribution in [-0.2, 0) is 6.54 Å². The molecule has 1 fully saturated rings.